The minimum absolute atomic E-state index is 0.0227. The molecule has 2 aromatic rings. The summed E-state index contributed by atoms with van der Waals surface area (Å²) in [6.07, 6.45) is 1.85. The summed E-state index contributed by atoms with van der Waals surface area (Å²) in [6, 6.07) is 7.14. The van der Waals surface area contributed by atoms with Gasteiger partial charge in [0.25, 0.3) is 5.56 Å². The first-order valence-electron chi connectivity index (χ1n) is 6.00. The fraction of sp³-hybridized carbons (Fsp3) is 0.214. The van der Waals surface area contributed by atoms with Crippen LogP contribution in [0.2, 0.25) is 0 Å². The van der Waals surface area contributed by atoms with Crippen molar-refractivity contribution in [3.63, 3.8) is 0 Å². The number of para-hydroxylation sites is 1. The lowest BCUT2D eigenvalue weighted by atomic mass is 10.1. The highest BCUT2D eigenvalue weighted by Gasteiger charge is 2.14. The minimum atomic E-state index is -0.586. The number of nitrogens with one attached hydrogen (secondary N) is 1. The van der Waals surface area contributed by atoms with Crippen molar-refractivity contribution < 1.29 is 4.79 Å². The van der Waals surface area contributed by atoms with Crippen molar-refractivity contribution in [1.29, 1.82) is 0 Å². The molecule has 0 fully saturated rings. The number of carbonyl (C=O) groups excluding carboxylic acids is 1. The van der Waals surface area contributed by atoms with E-state index in [9.17, 15) is 14.4 Å². The summed E-state index contributed by atoms with van der Waals surface area (Å²) < 4.78 is 1.01. The number of ketones is 1. The van der Waals surface area contributed by atoms with Crippen LogP contribution in [0.25, 0.3) is 5.69 Å². The molecule has 0 saturated heterocycles. The van der Waals surface area contributed by atoms with E-state index < -0.39 is 11.2 Å². The lowest BCUT2D eigenvalue weighted by molar-refractivity contribution is 0.101. The molecule has 5 nitrogen and oxygen atoms in total. The van der Waals surface area contributed by atoms with E-state index in [1.807, 2.05) is 19.1 Å². The molecule has 5 heteroatoms. The molecular weight excluding hydrogens is 244 g/mol. The molecule has 19 heavy (non-hydrogen) atoms. The number of Topliss-reactive ketones (excluding diaryl/α,β-unsaturated/α-hetero) is 1. The molecule has 1 N–H and O–H groups in total. The van der Waals surface area contributed by atoms with E-state index in [1.165, 1.54) is 6.92 Å². The molecule has 2 rings (SSSR count). The Kier molecular flexibility index (Phi) is 3.46. The molecule has 0 bridgehead atoms. The van der Waals surface area contributed by atoms with Crippen molar-refractivity contribution in [1.82, 2.24) is 9.55 Å². The Labute approximate surface area is 109 Å². The van der Waals surface area contributed by atoms with Gasteiger partial charge in [-0.05, 0) is 25.0 Å². The van der Waals surface area contributed by atoms with Crippen LogP contribution >= 0.6 is 0 Å². The summed E-state index contributed by atoms with van der Waals surface area (Å²) in [5.41, 5.74) is 0.230. The molecule has 0 atom stereocenters. The number of nitrogens with zero attached hydrogens (tertiary/aromatic N) is 1. The highest BCUT2D eigenvalue weighted by atomic mass is 16.2. The van der Waals surface area contributed by atoms with Crippen LogP contribution in [0.5, 0.6) is 0 Å². The van der Waals surface area contributed by atoms with Crippen LogP contribution in [-0.2, 0) is 6.42 Å². The van der Waals surface area contributed by atoms with Gasteiger partial charge in [0.05, 0.1) is 11.3 Å². The SMILES string of the molecule is CCc1ccccc1-n1c(=O)[nH]cc(C(C)=O)c1=O. The molecular formula is C14H14N2O3. The average Bonchev–Trinajstić information content (AvgIpc) is 2.39. The number of rotatable bonds is 3. The van der Waals surface area contributed by atoms with E-state index in [0.717, 1.165) is 16.3 Å². The standard InChI is InChI=1S/C14H14N2O3/c1-3-10-6-4-5-7-12(10)16-13(18)11(9(2)17)8-15-14(16)19/h4-8H,3H2,1-2H3,(H,15,19). The smallest absolute Gasteiger partial charge is 0.313 e. The fourth-order valence-corrected chi connectivity index (χ4v) is 1.97. The van der Waals surface area contributed by atoms with E-state index in [4.69, 9.17) is 0 Å². The molecule has 98 valence electrons. The van der Waals surface area contributed by atoms with Crippen LogP contribution in [0.15, 0.2) is 40.1 Å². The maximum Gasteiger partial charge on any atom is 0.333 e. The Hall–Kier alpha value is -2.43. The maximum absolute atomic E-state index is 12.2. The molecule has 1 aromatic carbocycles. The van der Waals surface area contributed by atoms with Crippen molar-refractivity contribution in [2.75, 3.05) is 0 Å². The van der Waals surface area contributed by atoms with Crippen LogP contribution in [0, 0.1) is 0 Å². The van der Waals surface area contributed by atoms with Crippen molar-refractivity contribution in [2.24, 2.45) is 0 Å². The third-order valence-corrected chi connectivity index (χ3v) is 2.97. The second kappa shape index (κ2) is 5.06. The largest absolute Gasteiger partial charge is 0.333 e. The summed E-state index contributed by atoms with van der Waals surface area (Å²) in [5, 5.41) is 0. The van der Waals surface area contributed by atoms with Crippen molar-refractivity contribution in [3.05, 3.63) is 62.4 Å². The summed E-state index contributed by atoms with van der Waals surface area (Å²) >= 11 is 0. The zero-order chi connectivity index (χ0) is 14.0. The number of aromatic nitrogens is 2. The molecule has 0 aliphatic carbocycles. The molecule has 0 spiro atoms. The Balaban J connectivity index is 2.83. The van der Waals surface area contributed by atoms with Crippen LogP contribution in [0.3, 0.4) is 0 Å². The van der Waals surface area contributed by atoms with Gasteiger partial charge in [0.1, 0.15) is 0 Å². The van der Waals surface area contributed by atoms with E-state index in [-0.39, 0.29) is 11.3 Å². The lowest BCUT2D eigenvalue weighted by Crippen LogP contribution is -2.36. The van der Waals surface area contributed by atoms with Gasteiger partial charge in [-0.3, -0.25) is 9.59 Å². The second-order valence-corrected chi connectivity index (χ2v) is 4.19. The molecule has 0 aliphatic rings. The van der Waals surface area contributed by atoms with Crippen molar-refractivity contribution in [2.45, 2.75) is 20.3 Å². The topological polar surface area (TPSA) is 71.9 Å². The highest BCUT2D eigenvalue weighted by Crippen LogP contribution is 2.11. The van der Waals surface area contributed by atoms with Gasteiger partial charge in [-0.2, -0.15) is 0 Å². The van der Waals surface area contributed by atoms with Gasteiger partial charge in [0, 0.05) is 6.20 Å². The number of carbonyl (C=O) groups is 1. The summed E-state index contributed by atoms with van der Waals surface area (Å²) in [6.45, 7) is 3.23. The molecule has 0 saturated carbocycles. The zero-order valence-corrected chi connectivity index (χ0v) is 10.8. The van der Waals surface area contributed by atoms with Gasteiger partial charge in [0.15, 0.2) is 5.78 Å². The Morgan fingerprint density at radius 2 is 1.95 bits per heavy atom. The molecule has 1 heterocycles. The van der Waals surface area contributed by atoms with Gasteiger partial charge >= 0.3 is 5.69 Å². The Morgan fingerprint density at radius 1 is 1.26 bits per heavy atom. The molecule has 1 aromatic heterocycles. The number of aryl methyl sites for hydroxylation is 1. The predicted molar refractivity (Wildman–Crippen MR) is 72.0 cm³/mol. The van der Waals surface area contributed by atoms with Crippen LogP contribution < -0.4 is 11.2 Å². The van der Waals surface area contributed by atoms with Gasteiger partial charge in [-0.25, -0.2) is 9.36 Å². The first kappa shape index (κ1) is 13.0. The quantitative estimate of drug-likeness (QED) is 0.843. The summed E-state index contributed by atoms with van der Waals surface area (Å²) in [7, 11) is 0. The third-order valence-electron chi connectivity index (χ3n) is 2.97. The number of aromatic amines is 1. The third kappa shape index (κ3) is 2.27. The van der Waals surface area contributed by atoms with E-state index in [2.05, 4.69) is 4.98 Å². The molecule has 0 amide bonds. The van der Waals surface area contributed by atoms with Gasteiger partial charge in [0.2, 0.25) is 0 Å². The zero-order valence-electron chi connectivity index (χ0n) is 10.8. The van der Waals surface area contributed by atoms with E-state index in [0.29, 0.717) is 12.1 Å². The van der Waals surface area contributed by atoms with Crippen molar-refractivity contribution >= 4 is 5.78 Å². The molecule has 0 unspecified atom stereocenters. The van der Waals surface area contributed by atoms with Gasteiger partial charge < -0.3 is 4.98 Å². The number of hydrogen-bond acceptors (Lipinski definition) is 3. The normalized spacial score (nSPS) is 10.4. The van der Waals surface area contributed by atoms with Crippen LogP contribution in [0.4, 0.5) is 0 Å². The highest BCUT2D eigenvalue weighted by molar-refractivity contribution is 5.93. The number of hydrogen-bond donors (Lipinski definition) is 1. The minimum Gasteiger partial charge on any atom is -0.313 e. The first-order valence-corrected chi connectivity index (χ1v) is 6.00. The fourth-order valence-electron chi connectivity index (χ4n) is 1.97. The Bertz CT molecular complexity index is 741. The van der Waals surface area contributed by atoms with Gasteiger partial charge in [-0.15, -0.1) is 0 Å². The summed E-state index contributed by atoms with van der Waals surface area (Å²) in [4.78, 5) is 37.9. The first-order chi connectivity index (χ1) is 9.06. The number of H-pyrrole nitrogens is 1. The maximum atomic E-state index is 12.2. The second-order valence-electron chi connectivity index (χ2n) is 4.19. The van der Waals surface area contributed by atoms with Gasteiger partial charge in [-0.1, -0.05) is 25.1 Å². The van der Waals surface area contributed by atoms with Crippen LogP contribution in [0.1, 0.15) is 29.8 Å². The number of benzene rings is 1. The molecule has 0 aliphatic heterocycles. The average molecular weight is 258 g/mol. The van der Waals surface area contributed by atoms with E-state index >= 15 is 0 Å². The predicted octanol–water partition coefficient (Wildman–Crippen LogP) is 1.29. The van der Waals surface area contributed by atoms with E-state index in [1.54, 1.807) is 12.1 Å². The van der Waals surface area contributed by atoms with Crippen molar-refractivity contribution in [3.8, 4) is 5.69 Å². The lowest BCUT2D eigenvalue weighted by Gasteiger charge is -2.09. The van der Waals surface area contributed by atoms with Crippen LogP contribution in [-0.4, -0.2) is 15.3 Å². The summed E-state index contributed by atoms with van der Waals surface area (Å²) in [5.74, 6) is -0.371. The Morgan fingerprint density at radius 3 is 2.58 bits per heavy atom. The molecule has 0 radical (unpaired) electrons. The monoisotopic (exact) mass is 258 g/mol.